The average molecular weight is 340 g/mol. The lowest BCUT2D eigenvalue weighted by Crippen LogP contribution is -2.28. The molecule has 0 saturated heterocycles. The fourth-order valence-electron chi connectivity index (χ4n) is 2.71. The van der Waals surface area contributed by atoms with Crippen LogP contribution in [0.2, 0.25) is 0 Å². The molecule has 0 aromatic heterocycles. The highest BCUT2D eigenvalue weighted by atomic mass is 16.3. The highest BCUT2D eigenvalue weighted by molar-refractivity contribution is 5.93. The Balaban J connectivity index is 1.99. The van der Waals surface area contributed by atoms with Crippen LogP contribution in [0.15, 0.2) is 48.5 Å². The normalized spacial score (nSPS) is 12.2. The van der Waals surface area contributed by atoms with Crippen LogP contribution in [0.25, 0.3) is 0 Å². The third-order valence-electron chi connectivity index (χ3n) is 4.35. The molecule has 25 heavy (non-hydrogen) atoms. The van der Waals surface area contributed by atoms with Gasteiger partial charge >= 0.3 is 0 Å². The molecule has 134 valence electrons. The molecule has 0 saturated carbocycles. The van der Waals surface area contributed by atoms with Gasteiger partial charge < -0.3 is 10.0 Å². The number of aliphatic hydroxyl groups excluding tert-OH is 1. The molecule has 0 aliphatic rings. The number of rotatable bonds is 7. The highest BCUT2D eigenvalue weighted by Gasteiger charge is 2.13. The van der Waals surface area contributed by atoms with Gasteiger partial charge in [-0.25, -0.2) is 0 Å². The van der Waals surface area contributed by atoms with Crippen molar-refractivity contribution in [3.05, 3.63) is 70.8 Å². The molecule has 0 heterocycles. The summed E-state index contributed by atoms with van der Waals surface area (Å²) in [5.74, 6) is 0.00805. The van der Waals surface area contributed by atoms with Gasteiger partial charge in [0, 0.05) is 32.7 Å². The quantitative estimate of drug-likeness (QED) is 0.841. The largest absolute Gasteiger partial charge is 0.387 e. The molecule has 2 rings (SSSR count). The smallest absolute Gasteiger partial charge is 0.253 e. The van der Waals surface area contributed by atoms with Gasteiger partial charge in [-0.1, -0.05) is 48.9 Å². The number of nitrogens with zero attached hydrogens (tertiary/aromatic N) is 2. The number of benzene rings is 2. The van der Waals surface area contributed by atoms with Crippen LogP contribution in [0.5, 0.6) is 0 Å². The van der Waals surface area contributed by atoms with Crippen LogP contribution in [0.4, 0.5) is 0 Å². The molecule has 2 aromatic rings. The third kappa shape index (κ3) is 5.41. The van der Waals surface area contributed by atoms with Crippen molar-refractivity contribution in [3.63, 3.8) is 0 Å². The summed E-state index contributed by atoms with van der Waals surface area (Å²) < 4.78 is 0. The maximum absolute atomic E-state index is 11.9. The lowest BCUT2D eigenvalue weighted by molar-refractivity contribution is 0.0827. The number of carbonyl (C=O) groups excluding carboxylic acids is 1. The highest BCUT2D eigenvalue weighted by Crippen LogP contribution is 2.17. The number of aliphatic hydroxyl groups is 1. The van der Waals surface area contributed by atoms with E-state index in [1.54, 1.807) is 19.0 Å². The van der Waals surface area contributed by atoms with Gasteiger partial charge in [0.25, 0.3) is 5.91 Å². The summed E-state index contributed by atoms with van der Waals surface area (Å²) in [5, 5.41) is 10.5. The molecule has 0 aliphatic heterocycles. The fraction of sp³-hybridized carbons (Fsp3) is 0.381. The molecular weight excluding hydrogens is 312 g/mol. The van der Waals surface area contributed by atoms with Crippen molar-refractivity contribution in [1.82, 2.24) is 9.80 Å². The summed E-state index contributed by atoms with van der Waals surface area (Å²) >= 11 is 0. The predicted octanol–water partition coefficient (Wildman–Crippen LogP) is 3.25. The van der Waals surface area contributed by atoms with Crippen molar-refractivity contribution in [2.45, 2.75) is 26.5 Å². The lowest BCUT2D eigenvalue weighted by Gasteiger charge is -2.24. The molecule has 0 radical (unpaired) electrons. The summed E-state index contributed by atoms with van der Waals surface area (Å²) in [4.78, 5) is 15.7. The van der Waals surface area contributed by atoms with Gasteiger partial charge in [-0.2, -0.15) is 0 Å². The Morgan fingerprint density at radius 2 is 1.64 bits per heavy atom. The van der Waals surface area contributed by atoms with Crippen LogP contribution in [0.3, 0.4) is 0 Å². The minimum Gasteiger partial charge on any atom is -0.387 e. The Hall–Kier alpha value is -2.17. The van der Waals surface area contributed by atoms with E-state index in [9.17, 15) is 9.90 Å². The van der Waals surface area contributed by atoms with Crippen LogP contribution in [0, 0.1) is 6.92 Å². The number of aryl methyl sites for hydroxylation is 1. The van der Waals surface area contributed by atoms with E-state index < -0.39 is 6.10 Å². The zero-order valence-electron chi connectivity index (χ0n) is 15.6. The second kappa shape index (κ2) is 8.79. The van der Waals surface area contributed by atoms with Crippen molar-refractivity contribution in [2.24, 2.45) is 0 Å². The average Bonchev–Trinajstić information content (AvgIpc) is 2.61. The fourth-order valence-corrected chi connectivity index (χ4v) is 2.71. The second-order valence-electron chi connectivity index (χ2n) is 6.65. The number of hydrogen-bond acceptors (Lipinski definition) is 3. The summed E-state index contributed by atoms with van der Waals surface area (Å²) in [6, 6.07) is 15.7. The first-order valence-corrected chi connectivity index (χ1v) is 8.68. The first-order chi connectivity index (χ1) is 11.9. The molecule has 1 N–H and O–H groups in total. The van der Waals surface area contributed by atoms with E-state index in [2.05, 4.69) is 11.8 Å². The summed E-state index contributed by atoms with van der Waals surface area (Å²) in [6.07, 6.45) is -0.504. The van der Waals surface area contributed by atoms with E-state index >= 15 is 0 Å². The van der Waals surface area contributed by atoms with Gasteiger partial charge in [0.15, 0.2) is 0 Å². The number of carbonyl (C=O) groups is 1. The molecule has 0 spiro atoms. The Labute approximate surface area is 150 Å². The maximum atomic E-state index is 11.9. The van der Waals surface area contributed by atoms with Gasteiger partial charge in [-0.05, 0) is 36.7 Å². The zero-order chi connectivity index (χ0) is 18.4. The van der Waals surface area contributed by atoms with E-state index in [0.29, 0.717) is 12.1 Å². The maximum Gasteiger partial charge on any atom is 0.253 e. The Kier molecular flexibility index (Phi) is 6.73. The molecule has 4 heteroatoms. The van der Waals surface area contributed by atoms with Crippen molar-refractivity contribution in [1.29, 1.82) is 0 Å². The second-order valence-corrected chi connectivity index (χ2v) is 6.65. The summed E-state index contributed by atoms with van der Waals surface area (Å²) in [5.41, 5.74) is 3.95. The van der Waals surface area contributed by atoms with Crippen molar-refractivity contribution in [3.8, 4) is 0 Å². The van der Waals surface area contributed by atoms with Crippen molar-refractivity contribution < 1.29 is 9.90 Å². The Morgan fingerprint density at radius 3 is 2.16 bits per heavy atom. The third-order valence-corrected chi connectivity index (χ3v) is 4.35. The molecule has 1 atom stereocenters. The minimum atomic E-state index is -0.504. The van der Waals surface area contributed by atoms with Crippen LogP contribution >= 0.6 is 0 Å². The molecule has 0 aliphatic carbocycles. The Morgan fingerprint density at radius 1 is 1.04 bits per heavy atom. The first kappa shape index (κ1) is 19.2. The van der Waals surface area contributed by atoms with Gasteiger partial charge in [-0.15, -0.1) is 0 Å². The van der Waals surface area contributed by atoms with Crippen LogP contribution in [-0.4, -0.2) is 48.0 Å². The lowest BCUT2D eigenvalue weighted by atomic mass is 10.1. The number of likely N-dealkylation sites (N-methyl/N-ethyl adjacent to an activating group) is 1. The van der Waals surface area contributed by atoms with E-state index in [0.717, 1.165) is 24.2 Å². The van der Waals surface area contributed by atoms with Gasteiger partial charge in [0.05, 0.1) is 6.10 Å². The molecule has 2 aromatic carbocycles. The topological polar surface area (TPSA) is 43.8 Å². The molecular formula is C21H28N2O2. The van der Waals surface area contributed by atoms with Crippen LogP contribution < -0.4 is 0 Å². The zero-order valence-corrected chi connectivity index (χ0v) is 15.6. The van der Waals surface area contributed by atoms with Gasteiger partial charge in [-0.3, -0.25) is 9.69 Å². The Bertz CT molecular complexity index is 678. The number of amides is 1. The molecule has 1 amide bonds. The van der Waals surface area contributed by atoms with E-state index in [1.165, 1.54) is 5.56 Å². The van der Waals surface area contributed by atoms with Gasteiger partial charge in [0.1, 0.15) is 0 Å². The van der Waals surface area contributed by atoms with E-state index in [-0.39, 0.29) is 5.91 Å². The van der Waals surface area contributed by atoms with Crippen molar-refractivity contribution in [2.75, 3.05) is 27.2 Å². The predicted molar refractivity (Wildman–Crippen MR) is 102 cm³/mol. The molecule has 0 bridgehead atoms. The van der Waals surface area contributed by atoms with E-state index in [4.69, 9.17) is 0 Å². The first-order valence-electron chi connectivity index (χ1n) is 8.68. The number of hydrogen-bond donors (Lipinski definition) is 1. The minimum absolute atomic E-state index is 0.00805. The van der Waals surface area contributed by atoms with Gasteiger partial charge in [0.2, 0.25) is 0 Å². The van der Waals surface area contributed by atoms with E-state index in [1.807, 2.05) is 55.5 Å². The molecule has 0 fully saturated rings. The van der Waals surface area contributed by atoms with Crippen LogP contribution in [-0.2, 0) is 6.54 Å². The monoisotopic (exact) mass is 340 g/mol. The molecule has 4 nitrogen and oxygen atoms in total. The summed E-state index contributed by atoms with van der Waals surface area (Å²) in [7, 11) is 3.50. The standard InChI is InChI=1S/C21H28N2O2/c1-5-23(15-20(24)18-10-6-16(2)7-11-18)14-17-8-12-19(13-9-17)21(25)22(3)4/h6-13,20,24H,5,14-15H2,1-4H3. The molecule has 1 unspecified atom stereocenters. The SMILES string of the molecule is CCN(Cc1ccc(C(=O)N(C)C)cc1)CC(O)c1ccc(C)cc1. The van der Waals surface area contributed by atoms with Crippen molar-refractivity contribution >= 4 is 5.91 Å². The summed E-state index contributed by atoms with van der Waals surface area (Å²) in [6.45, 7) is 6.31. The van der Waals surface area contributed by atoms with Crippen LogP contribution in [0.1, 0.15) is 40.1 Å².